The fourth-order valence-electron chi connectivity index (χ4n) is 2.26. The van der Waals surface area contributed by atoms with Gasteiger partial charge in [0.1, 0.15) is 5.75 Å². The van der Waals surface area contributed by atoms with Crippen LogP contribution in [-0.4, -0.2) is 22.8 Å². The van der Waals surface area contributed by atoms with E-state index in [0.29, 0.717) is 0 Å². The van der Waals surface area contributed by atoms with Crippen molar-refractivity contribution in [1.29, 1.82) is 0 Å². The molecule has 0 bridgehead atoms. The van der Waals surface area contributed by atoms with Crippen LogP contribution < -0.4 is 4.74 Å². The van der Waals surface area contributed by atoms with Crippen molar-refractivity contribution in [3.05, 3.63) is 53.4 Å². The molecule has 2 aromatic rings. The molecule has 0 saturated heterocycles. The van der Waals surface area contributed by atoms with Gasteiger partial charge in [0.15, 0.2) is 0 Å². The van der Waals surface area contributed by atoms with Gasteiger partial charge >= 0.3 is 5.97 Å². The second kappa shape index (κ2) is 5.65. The largest absolute Gasteiger partial charge is 0.497 e. The number of nitrogens with zero attached hydrogens (tertiary/aromatic N) is 1. The molecule has 0 aliphatic carbocycles. The third kappa shape index (κ3) is 2.74. The zero-order valence-electron chi connectivity index (χ0n) is 11.8. The van der Waals surface area contributed by atoms with Crippen molar-refractivity contribution in [2.24, 2.45) is 0 Å². The minimum atomic E-state index is -0.948. The number of methoxy groups -OCH3 is 1. The molecule has 0 atom stereocenters. The van der Waals surface area contributed by atoms with E-state index in [1.807, 2.05) is 44.2 Å². The number of benzene rings is 1. The van der Waals surface area contributed by atoms with E-state index in [1.165, 1.54) is 0 Å². The van der Waals surface area contributed by atoms with E-state index in [4.69, 9.17) is 9.84 Å². The van der Waals surface area contributed by atoms with Crippen LogP contribution in [0.25, 0.3) is 11.8 Å². The predicted octanol–water partition coefficient (Wildman–Crippen LogP) is 3.20. The molecule has 0 aliphatic rings. The molecule has 0 fully saturated rings. The summed E-state index contributed by atoms with van der Waals surface area (Å²) in [5.74, 6) is -0.159. The highest BCUT2D eigenvalue weighted by atomic mass is 16.5. The Kier molecular flexibility index (Phi) is 3.94. The highest BCUT2D eigenvalue weighted by molar-refractivity contribution is 5.85. The number of rotatable bonds is 4. The number of aliphatic carboxylic acids is 1. The Hall–Kier alpha value is -2.49. The van der Waals surface area contributed by atoms with Crippen molar-refractivity contribution in [3.8, 4) is 11.4 Å². The molecule has 20 heavy (non-hydrogen) atoms. The minimum Gasteiger partial charge on any atom is -0.497 e. The van der Waals surface area contributed by atoms with Crippen molar-refractivity contribution in [2.45, 2.75) is 13.8 Å². The lowest BCUT2D eigenvalue weighted by molar-refractivity contribution is -0.131. The monoisotopic (exact) mass is 271 g/mol. The zero-order valence-corrected chi connectivity index (χ0v) is 11.8. The number of ether oxygens (including phenoxy) is 1. The van der Waals surface area contributed by atoms with Crippen LogP contribution in [-0.2, 0) is 4.79 Å². The van der Waals surface area contributed by atoms with E-state index in [9.17, 15) is 4.79 Å². The normalized spacial score (nSPS) is 10.9. The number of carbonyl (C=O) groups is 1. The van der Waals surface area contributed by atoms with E-state index in [2.05, 4.69) is 4.57 Å². The van der Waals surface area contributed by atoms with Gasteiger partial charge in [-0.15, -0.1) is 0 Å². The van der Waals surface area contributed by atoms with Gasteiger partial charge in [0.25, 0.3) is 0 Å². The van der Waals surface area contributed by atoms with Gasteiger partial charge in [-0.05, 0) is 43.7 Å². The van der Waals surface area contributed by atoms with Crippen LogP contribution in [0, 0.1) is 13.8 Å². The molecule has 1 heterocycles. The molecule has 0 radical (unpaired) electrons. The molecule has 0 unspecified atom stereocenters. The molecule has 2 rings (SSSR count). The molecular formula is C16H17NO3. The average Bonchev–Trinajstić information content (AvgIpc) is 2.71. The fraction of sp³-hybridized carbons (Fsp3) is 0.188. The highest BCUT2D eigenvalue weighted by Gasteiger charge is 2.09. The van der Waals surface area contributed by atoms with Gasteiger partial charge in [-0.1, -0.05) is 6.07 Å². The molecule has 0 saturated carbocycles. The molecule has 4 nitrogen and oxygen atoms in total. The van der Waals surface area contributed by atoms with Crippen LogP contribution in [0.1, 0.15) is 17.0 Å². The summed E-state index contributed by atoms with van der Waals surface area (Å²) in [5.41, 5.74) is 3.93. The van der Waals surface area contributed by atoms with Crippen LogP contribution >= 0.6 is 0 Å². The Morgan fingerprint density at radius 1 is 1.30 bits per heavy atom. The first-order valence-corrected chi connectivity index (χ1v) is 6.27. The summed E-state index contributed by atoms with van der Waals surface area (Å²) in [4.78, 5) is 10.6. The van der Waals surface area contributed by atoms with E-state index < -0.39 is 5.97 Å². The lowest BCUT2D eigenvalue weighted by Crippen LogP contribution is -1.99. The van der Waals surface area contributed by atoms with Gasteiger partial charge in [-0.25, -0.2) is 4.79 Å². The van der Waals surface area contributed by atoms with Gasteiger partial charge in [-0.2, -0.15) is 0 Å². The Morgan fingerprint density at radius 2 is 2.05 bits per heavy atom. The molecule has 1 aromatic carbocycles. The third-order valence-corrected chi connectivity index (χ3v) is 3.19. The van der Waals surface area contributed by atoms with E-state index in [-0.39, 0.29) is 0 Å². The number of aryl methyl sites for hydroxylation is 1. The summed E-state index contributed by atoms with van der Waals surface area (Å²) in [6.45, 7) is 3.96. The summed E-state index contributed by atoms with van der Waals surface area (Å²) >= 11 is 0. The maximum Gasteiger partial charge on any atom is 0.328 e. The average molecular weight is 271 g/mol. The summed E-state index contributed by atoms with van der Waals surface area (Å²) in [6.07, 6.45) is 2.76. The van der Waals surface area contributed by atoms with Crippen molar-refractivity contribution in [2.75, 3.05) is 7.11 Å². The van der Waals surface area contributed by atoms with Crippen molar-refractivity contribution in [1.82, 2.24) is 4.57 Å². The molecule has 1 N–H and O–H groups in total. The van der Waals surface area contributed by atoms with Crippen LogP contribution in [0.2, 0.25) is 0 Å². The quantitative estimate of drug-likeness (QED) is 0.869. The SMILES string of the molecule is COc1cccc(-n2c(C)cc(/C=C/C(=O)O)c2C)c1. The zero-order chi connectivity index (χ0) is 14.7. The molecule has 0 aliphatic heterocycles. The smallest absolute Gasteiger partial charge is 0.328 e. The van der Waals surface area contributed by atoms with E-state index in [0.717, 1.165) is 34.5 Å². The van der Waals surface area contributed by atoms with E-state index in [1.54, 1.807) is 13.2 Å². The first kappa shape index (κ1) is 13.9. The van der Waals surface area contributed by atoms with Crippen LogP contribution in [0.4, 0.5) is 0 Å². The molecular weight excluding hydrogens is 254 g/mol. The standard InChI is InChI=1S/C16H17NO3/c1-11-9-13(7-8-16(18)19)12(2)17(11)14-5-4-6-15(10-14)20-3/h4-10H,1-3H3,(H,18,19)/b8-7+. The minimum absolute atomic E-state index is 0.789. The van der Waals surface area contributed by atoms with Gasteiger partial charge in [0, 0.05) is 29.2 Å². The van der Waals surface area contributed by atoms with Crippen LogP contribution in [0.3, 0.4) is 0 Å². The van der Waals surface area contributed by atoms with Crippen LogP contribution in [0.5, 0.6) is 5.75 Å². The summed E-state index contributed by atoms with van der Waals surface area (Å²) < 4.78 is 7.31. The van der Waals surface area contributed by atoms with Gasteiger partial charge < -0.3 is 14.4 Å². The third-order valence-electron chi connectivity index (χ3n) is 3.19. The predicted molar refractivity (Wildman–Crippen MR) is 78.5 cm³/mol. The Balaban J connectivity index is 2.49. The first-order chi connectivity index (χ1) is 9.52. The van der Waals surface area contributed by atoms with Gasteiger partial charge in [0.2, 0.25) is 0 Å². The molecule has 104 valence electrons. The number of hydrogen-bond donors (Lipinski definition) is 1. The van der Waals surface area contributed by atoms with Crippen molar-refractivity contribution < 1.29 is 14.6 Å². The first-order valence-electron chi connectivity index (χ1n) is 6.27. The summed E-state index contributed by atoms with van der Waals surface area (Å²) in [5, 5.41) is 8.72. The molecule has 0 amide bonds. The second-order valence-corrected chi connectivity index (χ2v) is 4.53. The molecule has 4 heteroatoms. The second-order valence-electron chi connectivity index (χ2n) is 4.53. The highest BCUT2D eigenvalue weighted by Crippen LogP contribution is 2.24. The maximum absolute atomic E-state index is 10.6. The number of hydrogen-bond acceptors (Lipinski definition) is 2. The van der Waals surface area contributed by atoms with E-state index >= 15 is 0 Å². The summed E-state index contributed by atoms with van der Waals surface area (Å²) in [6, 6.07) is 9.73. The van der Waals surface area contributed by atoms with Gasteiger partial charge in [0.05, 0.1) is 7.11 Å². The Morgan fingerprint density at radius 3 is 2.70 bits per heavy atom. The van der Waals surface area contributed by atoms with Crippen molar-refractivity contribution in [3.63, 3.8) is 0 Å². The lowest BCUT2D eigenvalue weighted by Gasteiger charge is -2.11. The number of aromatic nitrogens is 1. The van der Waals surface area contributed by atoms with Crippen LogP contribution in [0.15, 0.2) is 36.4 Å². The number of carboxylic acids is 1. The lowest BCUT2D eigenvalue weighted by atomic mass is 10.2. The summed E-state index contributed by atoms with van der Waals surface area (Å²) in [7, 11) is 1.63. The molecule has 0 spiro atoms. The molecule has 1 aromatic heterocycles. The Bertz CT molecular complexity index is 668. The van der Waals surface area contributed by atoms with Crippen molar-refractivity contribution >= 4 is 12.0 Å². The fourth-order valence-corrected chi connectivity index (χ4v) is 2.26. The number of carboxylic acid groups (broad SMARTS) is 1. The topological polar surface area (TPSA) is 51.5 Å². The maximum atomic E-state index is 10.6. The Labute approximate surface area is 117 Å². The van der Waals surface area contributed by atoms with Gasteiger partial charge in [-0.3, -0.25) is 0 Å².